The van der Waals surface area contributed by atoms with Crippen molar-refractivity contribution in [1.29, 1.82) is 0 Å². The van der Waals surface area contributed by atoms with E-state index in [1.807, 2.05) is 31.3 Å². The second-order valence-electron chi connectivity index (χ2n) is 4.90. The summed E-state index contributed by atoms with van der Waals surface area (Å²) in [7, 11) is 1.62. The lowest BCUT2D eigenvalue weighted by Crippen LogP contribution is -2.40. The molecule has 19 heavy (non-hydrogen) atoms. The Balaban J connectivity index is 2.53. The molecule has 0 fully saturated rings. The Morgan fingerprint density at radius 3 is 2.63 bits per heavy atom. The molecule has 1 N–H and O–H groups in total. The zero-order valence-corrected chi connectivity index (χ0v) is 12.4. The molecule has 0 spiro atoms. The van der Waals surface area contributed by atoms with Gasteiger partial charge in [-0.3, -0.25) is 4.31 Å². The molecule has 0 amide bonds. The third kappa shape index (κ3) is 2.61. The number of nitrogens with one attached hydrogen (secondary N) is 1. The predicted molar refractivity (Wildman–Crippen MR) is 77.4 cm³/mol. The average Bonchev–Trinajstić information content (AvgIpc) is 2.57. The van der Waals surface area contributed by atoms with Crippen LogP contribution in [0.3, 0.4) is 0 Å². The number of nitrogens with zero attached hydrogens (tertiary/aromatic N) is 2. The van der Waals surface area contributed by atoms with E-state index in [9.17, 15) is 8.42 Å². The van der Waals surface area contributed by atoms with Crippen molar-refractivity contribution in [3.63, 3.8) is 0 Å². The topological polar surface area (TPSA) is 52.7 Å². The van der Waals surface area contributed by atoms with Gasteiger partial charge in [-0.2, -0.15) is 12.7 Å². The van der Waals surface area contributed by atoms with Gasteiger partial charge in [-0.15, -0.1) is 0 Å². The van der Waals surface area contributed by atoms with Crippen LogP contribution in [0.15, 0.2) is 24.3 Å². The predicted octanol–water partition coefficient (Wildman–Crippen LogP) is 1.35. The zero-order valence-electron chi connectivity index (χ0n) is 11.6. The molecule has 0 saturated heterocycles. The van der Waals surface area contributed by atoms with Gasteiger partial charge in [-0.25, -0.2) is 0 Å². The number of benzene rings is 1. The fourth-order valence-corrected chi connectivity index (χ4v) is 3.63. The maximum atomic E-state index is 12.4. The number of hydrogen-bond donors (Lipinski definition) is 1. The minimum absolute atomic E-state index is 0.207. The molecular formula is C13H21N3O2S. The summed E-state index contributed by atoms with van der Waals surface area (Å²) in [6, 6.07) is 7.93. The van der Waals surface area contributed by atoms with Crippen molar-refractivity contribution in [3.8, 4) is 0 Å². The van der Waals surface area contributed by atoms with E-state index in [0.717, 1.165) is 24.1 Å². The molecule has 1 aliphatic rings. The number of para-hydroxylation sites is 1. The lowest BCUT2D eigenvalue weighted by Gasteiger charge is -2.27. The Labute approximate surface area is 115 Å². The van der Waals surface area contributed by atoms with E-state index in [-0.39, 0.29) is 6.04 Å². The van der Waals surface area contributed by atoms with Crippen molar-refractivity contribution in [2.75, 3.05) is 32.0 Å². The van der Waals surface area contributed by atoms with Gasteiger partial charge in [0.05, 0.1) is 5.69 Å². The zero-order chi connectivity index (χ0) is 14.0. The highest BCUT2D eigenvalue weighted by molar-refractivity contribution is 7.90. The van der Waals surface area contributed by atoms with Crippen LogP contribution in [0.25, 0.3) is 0 Å². The molecule has 0 radical (unpaired) electrons. The molecule has 0 bridgehead atoms. The summed E-state index contributed by atoms with van der Waals surface area (Å²) in [5.41, 5.74) is 1.83. The Hall–Kier alpha value is -1.11. The van der Waals surface area contributed by atoms with Gasteiger partial charge in [0.15, 0.2) is 0 Å². The van der Waals surface area contributed by atoms with Crippen molar-refractivity contribution in [2.24, 2.45) is 0 Å². The van der Waals surface area contributed by atoms with Crippen LogP contribution in [0.4, 0.5) is 5.69 Å². The van der Waals surface area contributed by atoms with Crippen LogP contribution in [-0.4, -0.2) is 40.4 Å². The number of anilines is 1. The molecule has 106 valence electrons. The first-order valence-electron chi connectivity index (χ1n) is 6.45. The lowest BCUT2D eigenvalue weighted by molar-refractivity contribution is 0.512. The summed E-state index contributed by atoms with van der Waals surface area (Å²) < 4.78 is 27.6. The largest absolute Gasteiger partial charge is 0.313 e. The van der Waals surface area contributed by atoms with Gasteiger partial charge in [0, 0.05) is 26.7 Å². The molecule has 6 heteroatoms. The fourth-order valence-electron chi connectivity index (χ4n) is 2.46. The Morgan fingerprint density at radius 1 is 1.32 bits per heavy atom. The quantitative estimate of drug-likeness (QED) is 0.911. The van der Waals surface area contributed by atoms with E-state index < -0.39 is 10.2 Å². The average molecular weight is 283 g/mol. The molecule has 1 aliphatic heterocycles. The Morgan fingerprint density at radius 2 is 2.00 bits per heavy atom. The first-order chi connectivity index (χ1) is 8.98. The van der Waals surface area contributed by atoms with Crippen LogP contribution in [0.5, 0.6) is 0 Å². The number of rotatable bonds is 3. The van der Waals surface area contributed by atoms with E-state index in [2.05, 4.69) is 5.32 Å². The first kappa shape index (κ1) is 14.3. The van der Waals surface area contributed by atoms with Crippen LogP contribution >= 0.6 is 0 Å². The molecule has 0 aliphatic carbocycles. The summed E-state index contributed by atoms with van der Waals surface area (Å²) in [6.07, 6.45) is 1.78. The normalized spacial score (nSPS) is 20.2. The molecule has 0 saturated carbocycles. The number of fused-ring (bicyclic) bond motifs is 1. The van der Waals surface area contributed by atoms with Crippen molar-refractivity contribution in [1.82, 2.24) is 9.62 Å². The third-order valence-corrected chi connectivity index (χ3v) is 5.38. The third-order valence-electron chi connectivity index (χ3n) is 3.52. The smallest absolute Gasteiger partial charge is 0.303 e. The molecule has 0 aromatic heterocycles. The molecule has 5 nitrogen and oxygen atoms in total. The molecule has 1 aromatic rings. The van der Waals surface area contributed by atoms with Gasteiger partial charge >= 0.3 is 10.2 Å². The van der Waals surface area contributed by atoms with Crippen LogP contribution in [-0.2, 0) is 10.2 Å². The van der Waals surface area contributed by atoms with Gasteiger partial charge in [-0.1, -0.05) is 18.2 Å². The van der Waals surface area contributed by atoms with Crippen LogP contribution in [0.2, 0.25) is 0 Å². The van der Waals surface area contributed by atoms with Crippen molar-refractivity contribution in [2.45, 2.75) is 18.9 Å². The van der Waals surface area contributed by atoms with Gasteiger partial charge in [0.2, 0.25) is 0 Å². The summed E-state index contributed by atoms with van der Waals surface area (Å²) in [5.74, 6) is 0. The summed E-state index contributed by atoms with van der Waals surface area (Å²) >= 11 is 0. The first-order valence-corrected chi connectivity index (χ1v) is 7.84. The molecular weight excluding hydrogens is 262 g/mol. The number of hydrogen-bond acceptors (Lipinski definition) is 3. The standard InChI is InChI=1S/C13H21N3O2S/c1-14-12-8-6-10-16(19(17,18)15(2)3)13-9-5-4-7-11(12)13/h4-5,7,9,12,14H,6,8,10H2,1-3H3. The van der Waals surface area contributed by atoms with Gasteiger partial charge in [0.1, 0.15) is 0 Å². The van der Waals surface area contributed by atoms with Gasteiger partial charge < -0.3 is 5.32 Å². The van der Waals surface area contributed by atoms with Crippen molar-refractivity contribution >= 4 is 15.9 Å². The minimum Gasteiger partial charge on any atom is -0.313 e. The minimum atomic E-state index is -3.43. The van der Waals surface area contributed by atoms with E-state index in [1.54, 1.807) is 14.1 Å². The summed E-state index contributed by atoms with van der Waals surface area (Å²) in [6.45, 7) is 0.524. The van der Waals surface area contributed by atoms with E-state index in [1.165, 1.54) is 8.61 Å². The summed E-state index contributed by atoms with van der Waals surface area (Å²) in [5, 5.41) is 3.27. The van der Waals surface area contributed by atoms with Crippen molar-refractivity contribution < 1.29 is 8.42 Å². The molecule has 2 rings (SSSR count). The monoisotopic (exact) mass is 283 g/mol. The van der Waals surface area contributed by atoms with E-state index in [4.69, 9.17) is 0 Å². The summed E-state index contributed by atoms with van der Waals surface area (Å²) in [4.78, 5) is 0. The van der Waals surface area contributed by atoms with Crippen LogP contribution < -0.4 is 9.62 Å². The second kappa shape index (κ2) is 5.48. The molecule has 1 aromatic carbocycles. The van der Waals surface area contributed by atoms with Gasteiger partial charge in [-0.05, 0) is 31.5 Å². The van der Waals surface area contributed by atoms with Crippen LogP contribution in [0.1, 0.15) is 24.4 Å². The molecule has 1 heterocycles. The SMILES string of the molecule is CNC1CCCN(S(=O)(=O)N(C)C)c2ccccc21. The maximum Gasteiger partial charge on any atom is 0.303 e. The van der Waals surface area contributed by atoms with E-state index in [0.29, 0.717) is 6.54 Å². The Kier molecular flexibility index (Phi) is 4.13. The highest BCUT2D eigenvalue weighted by Crippen LogP contribution is 2.34. The van der Waals surface area contributed by atoms with Crippen molar-refractivity contribution in [3.05, 3.63) is 29.8 Å². The lowest BCUT2D eigenvalue weighted by atomic mass is 10.0. The molecule has 1 atom stereocenters. The van der Waals surface area contributed by atoms with Crippen LogP contribution in [0, 0.1) is 0 Å². The van der Waals surface area contributed by atoms with Gasteiger partial charge in [0.25, 0.3) is 0 Å². The maximum absolute atomic E-state index is 12.4. The van der Waals surface area contributed by atoms with E-state index >= 15 is 0 Å². The highest BCUT2D eigenvalue weighted by atomic mass is 32.2. The fraction of sp³-hybridized carbons (Fsp3) is 0.538. The second-order valence-corrected chi connectivity index (χ2v) is 6.97. The Bertz CT molecular complexity index is 543. The highest BCUT2D eigenvalue weighted by Gasteiger charge is 2.30. The molecule has 1 unspecified atom stereocenters.